The van der Waals surface area contributed by atoms with E-state index in [1.165, 1.54) is 0 Å². The maximum absolute atomic E-state index is 5.91. The van der Waals surface area contributed by atoms with Crippen LogP contribution in [0.3, 0.4) is 0 Å². The molecule has 2 heterocycles. The highest BCUT2D eigenvalue weighted by atomic mass is 35.5. The lowest BCUT2D eigenvalue weighted by molar-refractivity contribution is 0.480. The first-order valence-electron chi connectivity index (χ1n) is 5.81. The predicted octanol–water partition coefficient (Wildman–Crippen LogP) is 2.13. The molecule has 0 aliphatic carbocycles. The van der Waals surface area contributed by atoms with E-state index in [0.29, 0.717) is 18.4 Å². The lowest BCUT2D eigenvalue weighted by Crippen LogP contribution is -2.21. The summed E-state index contributed by atoms with van der Waals surface area (Å²) in [5.74, 6) is 2.77. The van der Waals surface area contributed by atoms with Crippen molar-refractivity contribution in [1.29, 1.82) is 0 Å². The fourth-order valence-electron chi connectivity index (χ4n) is 1.57. The number of aromatic nitrogens is 3. The zero-order chi connectivity index (χ0) is 14.0. The molecule has 0 aliphatic heterocycles. The first-order valence-corrected chi connectivity index (χ1v) is 6.19. The highest BCUT2D eigenvalue weighted by Gasteiger charge is 2.12. The van der Waals surface area contributed by atoms with E-state index in [4.69, 9.17) is 16.0 Å². The summed E-state index contributed by atoms with van der Waals surface area (Å²) in [6.07, 6.45) is 0. The minimum Gasteiger partial charge on any atom is -0.464 e. The standard InChI is InChI=1S/C12H16ClN5O/c1-8-5-6-9(19-8)7-18(4)12-15-10(13)14-11(16-12)17(2)3/h5-6H,7H2,1-4H3. The number of aryl methyl sites for hydroxylation is 1. The van der Waals surface area contributed by atoms with Crippen molar-refractivity contribution in [2.75, 3.05) is 30.9 Å². The molecule has 0 N–H and O–H groups in total. The average Bonchev–Trinajstić information content (AvgIpc) is 2.73. The molecule has 0 bridgehead atoms. The van der Waals surface area contributed by atoms with Gasteiger partial charge in [-0.1, -0.05) is 0 Å². The Labute approximate surface area is 117 Å². The first-order chi connectivity index (χ1) is 8.95. The normalized spacial score (nSPS) is 10.6. The molecular weight excluding hydrogens is 266 g/mol. The van der Waals surface area contributed by atoms with Gasteiger partial charge in [0.05, 0.1) is 6.54 Å². The molecule has 0 aromatic carbocycles. The smallest absolute Gasteiger partial charge is 0.231 e. The lowest BCUT2D eigenvalue weighted by Gasteiger charge is -2.17. The molecule has 0 amide bonds. The predicted molar refractivity (Wildman–Crippen MR) is 74.7 cm³/mol. The summed E-state index contributed by atoms with van der Waals surface area (Å²) in [6.45, 7) is 2.48. The number of anilines is 2. The summed E-state index contributed by atoms with van der Waals surface area (Å²) in [4.78, 5) is 16.1. The number of furan rings is 1. The quantitative estimate of drug-likeness (QED) is 0.856. The van der Waals surface area contributed by atoms with E-state index in [1.54, 1.807) is 4.90 Å². The molecule has 2 rings (SSSR count). The van der Waals surface area contributed by atoms with Crippen molar-refractivity contribution in [3.63, 3.8) is 0 Å². The number of halogens is 1. The van der Waals surface area contributed by atoms with Gasteiger partial charge in [0.2, 0.25) is 17.2 Å². The molecule has 0 atom stereocenters. The Kier molecular flexibility index (Phi) is 3.90. The number of hydrogen-bond acceptors (Lipinski definition) is 6. The van der Waals surface area contributed by atoms with Crippen LogP contribution in [-0.4, -0.2) is 36.1 Å². The van der Waals surface area contributed by atoms with Crippen LogP contribution in [0.15, 0.2) is 16.5 Å². The van der Waals surface area contributed by atoms with Gasteiger partial charge >= 0.3 is 0 Å². The second-order valence-corrected chi connectivity index (χ2v) is 4.81. The number of nitrogens with zero attached hydrogens (tertiary/aromatic N) is 5. The van der Waals surface area contributed by atoms with Gasteiger partial charge in [0, 0.05) is 21.1 Å². The molecule has 6 nitrogen and oxygen atoms in total. The van der Waals surface area contributed by atoms with Crippen LogP contribution in [0.5, 0.6) is 0 Å². The molecule has 0 saturated carbocycles. The molecule has 0 radical (unpaired) electrons. The van der Waals surface area contributed by atoms with E-state index in [9.17, 15) is 0 Å². The Morgan fingerprint density at radius 1 is 1.11 bits per heavy atom. The van der Waals surface area contributed by atoms with Crippen LogP contribution in [0.25, 0.3) is 0 Å². The van der Waals surface area contributed by atoms with Gasteiger partial charge in [-0.05, 0) is 30.7 Å². The minimum atomic E-state index is 0.177. The summed E-state index contributed by atoms with van der Waals surface area (Å²) >= 11 is 5.91. The zero-order valence-electron chi connectivity index (χ0n) is 11.4. The molecule has 0 aliphatic rings. The largest absolute Gasteiger partial charge is 0.464 e. The van der Waals surface area contributed by atoms with Gasteiger partial charge in [0.25, 0.3) is 0 Å². The Morgan fingerprint density at radius 2 is 1.79 bits per heavy atom. The Balaban J connectivity index is 2.20. The van der Waals surface area contributed by atoms with Crippen LogP contribution < -0.4 is 9.80 Å². The summed E-state index contributed by atoms with van der Waals surface area (Å²) in [5.41, 5.74) is 0. The molecule has 2 aromatic rings. The Hall–Kier alpha value is -1.82. The van der Waals surface area contributed by atoms with Crippen LogP contribution in [0.4, 0.5) is 11.9 Å². The molecule has 19 heavy (non-hydrogen) atoms. The van der Waals surface area contributed by atoms with Crippen molar-refractivity contribution >= 4 is 23.5 Å². The minimum absolute atomic E-state index is 0.177. The van der Waals surface area contributed by atoms with Gasteiger partial charge in [0.15, 0.2) is 0 Å². The van der Waals surface area contributed by atoms with Crippen LogP contribution in [0.2, 0.25) is 5.28 Å². The maximum atomic E-state index is 5.91. The van der Waals surface area contributed by atoms with E-state index in [1.807, 2.05) is 45.1 Å². The molecule has 0 saturated heterocycles. The van der Waals surface area contributed by atoms with Gasteiger partial charge < -0.3 is 14.2 Å². The van der Waals surface area contributed by atoms with E-state index < -0.39 is 0 Å². The lowest BCUT2D eigenvalue weighted by atomic mass is 10.4. The summed E-state index contributed by atoms with van der Waals surface area (Å²) in [5, 5.41) is 0.177. The summed E-state index contributed by atoms with van der Waals surface area (Å²) < 4.78 is 5.53. The van der Waals surface area contributed by atoms with Crippen molar-refractivity contribution < 1.29 is 4.42 Å². The van der Waals surface area contributed by atoms with E-state index in [-0.39, 0.29) is 5.28 Å². The van der Waals surface area contributed by atoms with Crippen LogP contribution in [-0.2, 0) is 6.54 Å². The van der Waals surface area contributed by atoms with Gasteiger partial charge in [-0.3, -0.25) is 0 Å². The van der Waals surface area contributed by atoms with Gasteiger partial charge in [0.1, 0.15) is 11.5 Å². The average molecular weight is 282 g/mol. The van der Waals surface area contributed by atoms with Crippen LogP contribution in [0.1, 0.15) is 11.5 Å². The second kappa shape index (κ2) is 5.44. The molecule has 0 fully saturated rings. The van der Waals surface area contributed by atoms with Gasteiger partial charge in [-0.2, -0.15) is 15.0 Å². The highest BCUT2D eigenvalue weighted by Crippen LogP contribution is 2.17. The van der Waals surface area contributed by atoms with Crippen molar-refractivity contribution in [2.24, 2.45) is 0 Å². The SMILES string of the molecule is Cc1ccc(CN(C)c2nc(Cl)nc(N(C)C)n2)o1. The second-order valence-electron chi connectivity index (χ2n) is 4.47. The van der Waals surface area contributed by atoms with E-state index >= 15 is 0 Å². The molecule has 102 valence electrons. The van der Waals surface area contributed by atoms with Crippen molar-refractivity contribution in [3.05, 3.63) is 28.9 Å². The van der Waals surface area contributed by atoms with Gasteiger partial charge in [-0.15, -0.1) is 0 Å². The Bertz CT molecular complexity index is 569. The van der Waals surface area contributed by atoms with Crippen LogP contribution in [0, 0.1) is 6.92 Å². The fraction of sp³-hybridized carbons (Fsp3) is 0.417. The number of hydrogen-bond donors (Lipinski definition) is 0. The third kappa shape index (κ3) is 3.35. The summed E-state index contributed by atoms with van der Waals surface area (Å²) in [7, 11) is 5.58. The summed E-state index contributed by atoms with van der Waals surface area (Å²) in [6, 6.07) is 3.86. The van der Waals surface area contributed by atoms with Crippen LogP contribution >= 0.6 is 11.6 Å². The Morgan fingerprint density at radius 3 is 2.37 bits per heavy atom. The topological polar surface area (TPSA) is 58.3 Å². The fourth-order valence-corrected chi connectivity index (χ4v) is 1.73. The molecule has 0 spiro atoms. The van der Waals surface area contributed by atoms with E-state index in [2.05, 4.69) is 15.0 Å². The third-order valence-electron chi connectivity index (χ3n) is 2.51. The van der Waals surface area contributed by atoms with E-state index in [0.717, 1.165) is 11.5 Å². The van der Waals surface area contributed by atoms with Crippen molar-refractivity contribution in [1.82, 2.24) is 15.0 Å². The molecule has 2 aromatic heterocycles. The van der Waals surface area contributed by atoms with Gasteiger partial charge in [-0.25, -0.2) is 0 Å². The molecule has 0 unspecified atom stereocenters. The third-order valence-corrected chi connectivity index (χ3v) is 2.68. The molecule has 7 heteroatoms. The molecular formula is C12H16ClN5O. The first kappa shape index (κ1) is 13.6. The van der Waals surface area contributed by atoms with Crippen molar-refractivity contribution in [3.8, 4) is 0 Å². The zero-order valence-corrected chi connectivity index (χ0v) is 12.1. The monoisotopic (exact) mass is 281 g/mol. The maximum Gasteiger partial charge on any atom is 0.231 e. The highest BCUT2D eigenvalue weighted by molar-refractivity contribution is 6.28. The van der Waals surface area contributed by atoms with Crippen molar-refractivity contribution in [2.45, 2.75) is 13.5 Å². The number of rotatable bonds is 4.